The molecule has 2 aromatic carbocycles. The number of ether oxygens (including phenoxy) is 3. The van der Waals surface area contributed by atoms with E-state index < -0.39 is 17.1 Å². The fourth-order valence-corrected chi connectivity index (χ4v) is 4.44. The molecule has 1 aliphatic heterocycles. The van der Waals surface area contributed by atoms with Crippen LogP contribution in [0.2, 0.25) is 0 Å². The van der Waals surface area contributed by atoms with Gasteiger partial charge in [0.2, 0.25) is 5.91 Å². The highest BCUT2D eigenvalue weighted by atomic mass is 79.9. The predicted molar refractivity (Wildman–Crippen MR) is 135 cm³/mol. The normalized spacial score (nSPS) is 14.5. The molecule has 1 N–H and O–H groups in total. The molecule has 0 unspecified atom stereocenters. The number of hydrogen-bond acceptors (Lipinski definition) is 7. The Balaban J connectivity index is 1.73. The second-order valence-electron chi connectivity index (χ2n) is 6.96. The average molecular weight is 549 g/mol. The molecular weight excluding hydrogens is 524 g/mol. The molecule has 0 spiro atoms. The molecule has 2 aromatic rings. The van der Waals surface area contributed by atoms with Gasteiger partial charge in [-0.3, -0.25) is 19.3 Å². The molecule has 0 atom stereocenters. The second-order valence-corrected chi connectivity index (χ2v) is 8.81. The Kier molecular flexibility index (Phi) is 9.00. The summed E-state index contributed by atoms with van der Waals surface area (Å²) in [6.45, 7) is 6.67. The van der Waals surface area contributed by atoms with Gasteiger partial charge in [-0.15, -0.1) is 0 Å². The van der Waals surface area contributed by atoms with Crippen molar-refractivity contribution in [2.75, 3.05) is 31.7 Å². The van der Waals surface area contributed by atoms with Crippen LogP contribution in [0.25, 0.3) is 6.08 Å². The number of thioether (sulfide) groups is 1. The van der Waals surface area contributed by atoms with Crippen molar-refractivity contribution in [2.45, 2.75) is 20.8 Å². The number of imide groups is 1. The molecule has 0 aliphatic carbocycles. The van der Waals surface area contributed by atoms with E-state index in [2.05, 4.69) is 21.2 Å². The molecular formula is C24H25BrN2O6S. The number of nitrogens with zero attached hydrogens (tertiary/aromatic N) is 1. The molecule has 10 heteroatoms. The van der Waals surface area contributed by atoms with Crippen LogP contribution in [0, 0.1) is 0 Å². The number of halogens is 1. The van der Waals surface area contributed by atoms with Crippen LogP contribution >= 0.6 is 27.7 Å². The van der Waals surface area contributed by atoms with Crippen LogP contribution < -0.4 is 19.5 Å². The molecule has 0 bridgehead atoms. The standard InChI is InChI=1S/C24H25BrN2O6S/c1-4-31-17-9-7-16(8-10-17)26-22(28)14-27-23(29)21(34-24(27)30)12-15-11-18(25)20(33-6-3)13-19(15)32-5-2/h7-13H,4-6,14H2,1-3H3,(H,26,28)/b21-12+. The number of carbonyl (C=O) groups excluding carboxylic acids is 3. The highest BCUT2D eigenvalue weighted by molar-refractivity contribution is 9.10. The van der Waals surface area contributed by atoms with Crippen LogP contribution in [-0.2, 0) is 9.59 Å². The summed E-state index contributed by atoms with van der Waals surface area (Å²) >= 11 is 4.24. The first-order chi connectivity index (χ1) is 16.4. The fraction of sp³-hybridized carbons (Fsp3) is 0.292. The van der Waals surface area contributed by atoms with Gasteiger partial charge in [-0.2, -0.15) is 0 Å². The summed E-state index contributed by atoms with van der Waals surface area (Å²) in [5.41, 5.74) is 1.15. The van der Waals surface area contributed by atoms with Gasteiger partial charge in [0.25, 0.3) is 11.1 Å². The number of amides is 3. The monoisotopic (exact) mass is 548 g/mol. The molecule has 3 rings (SSSR count). The summed E-state index contributed by atoms with van der Waals surface area (Å²) < 4.78 is 17.3. The molecule has 1 heterocycles. The lowest BCUT2D eigenvalue weighted by Crippen LogP contribution is -2.36. The first kappa shape index (κ1) is 25.6. The van der Waals surface area contributed by atoms with Crippen molar-refractivity contribution in [1.82, 2.24) is 4.90 Å². The van der Waals surface area contributed by atoms with Crippen molar-refractivity contribution in [2.24, 2.45) is 0 Å². The Bertz CT molecular complexity index is 1100. The minimum absolute atomic E-state index is 0.205. The largest absolute Gasteiger partial charge is 0.494 e. The second kappa shape index (κ2) is 11.9. The van der Waals surface area contributed by atoms with Crippen LogP contribution in [0.5, 0.6) is 17.2 Å². The summed E-state index contributed by atoms with van der Waals surface area (Å²) in [5.74, 6) is 0.802. The van der Waals surface area contributed by atoms with Crippen molar-refractivity contribution < 1.29 is 28.6 Å². The molecule has 0 aromatic heterocycles. The molecule has 180 valence electrons. The molecule has 1 aliphatic rings. The van der Waals surface area contributed by atoms with Gasteiger partial charge < -0.3 is 19.5 Å². The third-order valence-corrected chi connectivity index (χ3v) is 6.10. The number of benzene rings is 2. The SMILES string of the molecule is CCOc1ccc(NC(=O)CN2C(=O)S/C(=C/c3cc(Br)c(OCC)cc3OCC)C2=O)cc1. The molecule has 34 heavy (non-hydrogen) atoms. The van der Waals surface area contributed by atoms with E-state index in [0.717, 1.165) is 16.7 Å². The van der Waals surface area contributed by atoms with Crippen molar-refractivity contribution in [1.29, 1.82) is 0 Å². The third-order valence-electron chi connectivity index (χ3n) is 4.57. The highest BCUT2D eigenvalue weighted by Crippen LogP contribution is 2.38. The lowest BCUT2D eigenvalue weighted by atomic mass is 10.1. The van der Waals surface area contributed by atoms with Crippen molar-refractivity contribution in [3.8, 4) is 17.2 Å². The Labute approximate surface area is 210 Å². The minimum Gasteiger partial charge on any atom is -0.494 e. The average Bonchev–Trinajstić information content (AvgIpc) is 3.06. The summed E-state index contributed by atoms with van der Waals surface area (Å²) in [6.07, 6.45) is 1.58. The first-order valence-electron chi connectivity index (χ1n) is 10.7. The maximum absolute atomic E-state index is 12.9. The maximum atomic E-state index is 12.9. The molecule has 8 nitrogen and oxygen atoms in total. The summed E-state index contributed by atoms with van der Waals surface area (Å²) in [4.78, 5) is 39.0. The van der Waals surface area contributed by atoms with E-state index in [0.29, 0.717) is 52.8 Å². The van der Waals surface area contributed by atoms with Gasteiger partial charge in [0.15, 0.2) is 0 Å². The molecule has 0 radical (unpaired) electrons. The molecule has 3 amide bonds. The Morgan fingerprint density at radius 1 is 1.00 bits per heavy atom. The van der Waals surface area contributed by atoms with Gasteiger partial charge in [-0.25, -0.2) is 0 Å². The number of hydrogen-bond donors (Lipinski definition) is 1. The number of anilines is 1. The smallest absolute Gasteiger partial charge is 0.294 e. The van der Waals surface area contributed by atoms with E-state index >= 15 is 0 Å². The first-order valence-corrected chi connectivity index (χ1v) is 12.3. The molecule has 1 fully saturated rings. The minimum atomic E-state index is -0.538. The zero-order valence-corrected chi connectivity index (χ0v) is 21.5. The number of nitrogens with one attached hydrogen (secondary N) is 1. The van der Waals surface area contributed by atoms with Gasteiger partial charge in [-0.05, 0) is 84.9 Å². The summed E-state index contributed by atoms with van der Waals surface area (Å²) in [7, 11) is 0. The Hall–Kier alpha value is -2.98. The highest BCUT2D eigenvalue weighted by Gasteiger charge is 2.36. The zero-order valence-electron chi connectivity index (χ0n) is 19.1. The number of carbonyl (C=O) groups is 3. The van der Waals surface area contributed by atoms with E-state index in [1.54, 1.807) is 42.5 Å². The van der Waals surface area contributed by atoms with Crippen LogP contribution in [0.3, 0.4) is 0 Å². The van der Waals surface area contributed by atoms with Crippen LogP contribution in [0.1, 0.15) is 26.3 Å². The van der Waals surface area contributed by atoms with Crippen LogP contribution in [0.15, 0.2) is 45.8 Å². The van der Waals surface area contributed by atoms with Crippen LogP contribution in [0.4, 0.5) is 10.5 Å². The predicted octanol–water partition coefficient (Wildman–Crippen LogP) is 5.32. The lowest BCUT2D eigenvalue weighted by Gasteiger charge is -2.13. The summed E-state index contributed by atoms with van der Waals surface area (Å²) in [6, 6.07) is 10.3. The lowest BCUT2D eigenvalue weighted by molar-refractivity contribution is -0.127. The molecule has 0 saturated carbocycles. The summed E-state index contributed by atoms with van der Waals surface area (Å²) in [5, 5.41) is 2.17. The quantitative estimate of drug-likeness (QED) is 0.401. The number of rotatable bonds is 10. The maximum Gasteiger partial charge on any atom is 0.294 e. The van der Waals surface area contributed by atoms with Gasteiger partial charge in [0, 0.05) is 17.3 Å². The van der Waals surface area contributed by atoms with Crippen molar-refractivity contribution in [3.05, 3.63) is 51.3 Å². The van der Waals surface area contributed by atoms with E-state index in [1.807, 2.05) is 20.8 Å². The Morgan fingerprint density at radius 3 is 2.29 bits per heavy atom. The topological polar surface area (TPSA) is 94.2 Å². The van der Waals surface area contributed by atoms with E-state index in [-0.39, 0.29) is 11.4 Å². The van der Waals surface area contributed by atoms with E-state index in [4.69, 9.17) is 14.2 Å². The fourth-order valence-electron chi connectivity index (χ4n) is 3.13. The van der Waals surface area contributed by atoms with E-state index in [1.165, 1.54) is 0 Å². The van der Waals surface area contributed by atoms with Crippen LogP contribution in [-0.4, -0.2) is 48.3 Å². The van der Waals surface area contributed by atoms with Gasteiger partial charge in [-0.1, -0.05) is 0 Å². The van der Waals surface area contributed by atoms with Gasteiger partial charge >= 0.3 is 0 Å². The van der Waals surface area contributed by atoms with Gasteiger partial charge in [0.1, 0.15) is 23.8 Å². The molecule has 1 saturated heterocycles. The third kappa shape index (κ3) is 6.32. The van der Waals surface area contributed by atoms with Gasteiger partial charge in [0.05, 0.1) is 29.2 Å². The van der Waals surface area contributed by atoms with Crippen molar-refractivity contribution >= 4 is 56.5 Å². The Morgan fingerprint density at radius 2 is 1.65 bits per heavy atom. The van der Waals surface area contributed by atoms with E-state index in [9.17, 15) is 14.4 Å². The zero-order chi connectivity index (χ0) is 24.7. The van der Waals surface area contributed by atoms with Crippen molar-refractivity contribution in [3.63, 3.8) is 0 Å².